The Kier molecular flexibility index (Phi) is 5.11. The summed E-state index contributed by atoms with van der Waals surface area (Å²) in [6.07, 6.45) is 1.86. The van der Waals surface area contributed by atoms with Crippen LogP contribution >= 0.6 is 0 Å². The van der Waals surface area contributed by atoms with Crippen LogP contribution in [-0.4, -0.2) is 20.8 Å². The Balaban J connectivity index is 1.54. The smallest absolute Gasteiger partial charge is 0.253 e. The highest BCUT2D eigenvalue weighted by Gasteiger charge is 2.18. The van der Waals surface area contributed by atoms with Crippen molar-refractivity contribution >= 4 is 5.91 Å². The van der Waals surface area contributed by atoms with Crippen LogP contribution in [0.25, 0.3) is 0 Å². The number of aliphatic hydroxyl groups excluding tert-OH is 1. The molecule has 0 radical (unpaired) electrons. The zero-order valence-corrected chi connectivity index (χ0v) is 13.8. The van der Waals surface area contributed by atoms with Gasteiger partial charge in [-0.25, -0.2) is 0 Å². The molecule has 25 heavy (non-hydrogen) atoms. The Hall–Kier alpha value is -3.12. The number of rotatable bonds is 6. The maximum atomic E-state index is 12.0. The molecule has 0 bridgehead atoms. The van der Waals surface area contributed by atoms with Gasteiger partial charge in [-0.2, -0.15) is 5.10 Å². The molecular formula is C19H19N3O3. The number of hydrogen-bond donors (Lipinski definition) is 2. The lowest BCUT2D eigenvalue weighted by Gasteiger charge is -2.10. The van der Waals surface area contributed by atoms with Crippen molar-refractivity contribution in [2.75, 3.05) is 0 Å². The number of para-hydroxylation sites is 1. The molecule has 1 amide bonds. The quantitative estimate of drug-likeness (QED) is 0.725. The second-order valence-corrected chi connectivity index (χ2v) is 5.63. The Labute approximate surface area is 145 Å². The van der Waals surface area contributed by atoms with Crippen molar-refractivity contribution < 1.29 is 14.6 Å². The average Bonchev–Trinajstić information content (AvgIpc) is 3.07. The minimum atomic E-state index is -1.23. The van der Waals surface area contributed by atoms with E-state index < -0.39 is 12.0 Å². The van der Waals surface area contributed by atoms with Gasteiger partial charge >= 0.3 is 0 Å². The van der Waals surface area contributed by atoms with Gasteiger partial charge in [0, 0.05) is 25.4 Å². The second-order valence-electron chi connectivity index (χ2n) is 5.63. The minimum Gasteiger partial charge on any atom is -0.457 e. The van der Waals surface area contributed by atoms with Crippen LogP contribution in [0.1, 0.15) is 17.2 Å². The third-order valence-electron chi connectivity index (χ3n) is 3.66. The number of nitrogens with zero attached hydrogens (tertiary/aromatic N) is 2. The Bertz CT molecular complexity index is 829. The lowest BCUT2D eigenvalue weighted by atomic mass is 10.2. The third-order valence-corrected chi connectivity index (χ3v) is 3.66. The fourth-order valence-electron chi connectivity index (χ4n) is 2.32. The average molecular weight is 337 g/mol. The molecule has 3 aromatic rings. The summed E-state index contributed by atoms with van der Waals surface area (Å²) in [4.78, 5) is 12.0. The van der Waals surface area contributed by atoms with Gasteiger partial charge in [0.05, 0.1) is 6.20 Å². The first-order valence-electron chi connectivity index (χ1n) is 7.88. The fourth-order valence-corrected chi connectivity index (χ4v) is 2.32. The van der Waals surface area contributed by atoms with Crippen LogP contribution in [0.15, 0.2) is 67.0 Å². The zero-order valence-electron chi connectivity index (χ0n) is 13.8. The number of aromatic nitrogens is 2. The van der Waals surface area contributed by atoms with Crippen LogP contribution < -0.4 is 10.1 Å². The molecule has 0 aliphatic carbocycles. The van der Waals surface area contributed by atoms with Gasteiger partial charge in [0.15, 0.2) is 6.10 Å². The molecule has 0 spiro atoms. The van der Waals surface area contributed by atoms with Gasteiger partial charge in [-0.3, -0.25) is 9.48 Å². The van der Waals surface area contributed by atoms with Crippen molar-refractivity contribution in [3.63, 3.8) is 0 Å². The standard InChI is InChI=1S/C19H19N3O3/c1-22-13-15(12-21-22)18(23)19(24)20-11-14-7-9-17(10-8-14)25-16-5-3-2-4-6-16/h2-10,12-13,18,23H,11H2,1H3,(H,20,24)/t18-/m1/s1. The first-order chi connectivity index (χ1) is 12.1. The molecule has 6 heteroatoms. The highest BCUT2D eigenvalue weighted by molar-refractivity contribution is 5.81. The van der Waals surface area contributed by atoms with Crippen LogP contribution in [0.4, 0.5) is 0 Å². The number of aliphatic hydroxyl groups is 1. The van der Waals surface area contributed by atoms with E-state index in [0.29, 0.717) is 12.1 Å². The van der Waals surface area contributed by atoms with E-state index in [1.54, 1.807) is 13.2 Å². The molecule has 0 aliphatic rings. The van der Waals surface area contributed by atoms with Crippen LogP contribution in [0.5, 0.6) is 11.5 Å². The summed E-state index contributed by atoms with van der Waals surface area (Å²) in [5.41, 5.74) is 1.37. The number of carbonyl (C=O) groups excluding carboxylic acids is 1. The number of amides is 1. The number of ether oxygens (including phenoxy) is 1. The maximum Gasteiger partial charge on any atom is 0.253 e. The molecule has 6 nitrogen and oxygen atoms in total. The molecule has 3 rings (SSSR count). The van der Waals surface area contributed by atoms with E-state index in [1.807, 2.05) is 54.6 Å². The molecule has 2 aromatic carbocycles. The van der Waals surface area contributed by atoms with Crippen molar-refractivity contribution in [3.8, 4) is 11.5 Å². The molecular weight excluding hydrogens is 318 g/mol. The molecule has 0 aliphatic heterocycles. The number of aryl methyl sites for hydroxylation is 1. The van der Waals surface area contributed by atoms with E-state index in [-0.39, 0.29) is 0 Å². The number of benzene rings is 2. The molecule has 128 valence electrons. The lowest BCUT2D eigenvalue weighted by Crippen LogP contribution is -2.28. The normalized spacial score (nSPS) is 11.8. The van der Waals surface area contributed by atoms with E-state index in [1.165, 1.54) is 10.9 Å². The molecule has 1 atom stereocenters. The molecule has 1 aromatic heterocycles. The van der Waals surface area contributed by atoms with Gasteiger partial charge < -0.3 is 15.2 Å². The van der Waals surface area contributed by atoms with Crippen LogP contribution in [0.3, 0.4) is 0 Å². The summed E-state index contributed by atoms with van der Waals surface area (Å²) in [5, 5.41) is 16.7. The molecule has 0 fully saturated rings. The molecule has 0 saturated heterocycles. The van der Waals surface area contributed by atoms with Crippen molar-refractivity contribution in [1.82, 2.24) is 15.1 Å². The topological polar surface area (TPSA) is 76.4 Å². The van der Waals surface area contributed by atoms with Crippen molar-refractivity contribution in [3.05, 3.63) is 78.1 Å². The van der Waals surface area contributed by atoms with Gasteiger partial charge in [0.2, 0.25) is 0 Å². The summed E-state index contributed by atoms with van der Waals surface area (Å²) in [6, 6.07) is 16.9. The zero-order chi connectivity index (χ0) is 17.6. The largest absolute Gasteiger partial charge is 0.457 e. The first-order valence-corrected chi connectivity index (χ1v) is 7.88. The summed E-state index contributed by atoms with van der Waals surface area (Å²) in [6.45, 7) is 0.321. The molecule has 0 unspecified atom stereocenters. The highest BCUT2D eigenvalue weighted by Crippen LogP contribution is 2.21. The number of nitrogens with one attached hydrogen (secondary N) is 1. The van der Waals surface area contributed by atoms with E-state index in [2.05, 4.69) is 10.4 Å². The van der Waals surface area contributed by atoms with Crippen molar-refractivity contribution in [2.24, 2.45) is 7.05 Å². The monoisotopic (exact) mass is 337 g/mol. The predicted molar refractivity (Wildman–Crippen MR) is 93.0 cm³/mol. The number of hydrogen-bond acceptors (Lipinski definition) is 4. The van der Waals surface area contributed by atoms with Crippen LogP contribution in [0.2, 0.25) is 0 Å². The summed E-state index contributed by atoms with van der Waals surface area (Å²) in [7, 11) is 1.73. The van der Waals surface area contributed by atoms with Crippen LogP contribution in [-0.2, 0) is 18.4 Å². The summed E-state index contributed by atoms with van der Waals surface area (Å²) in [5.74, 6) is 1.03. The van der Waals surface area contributed by atoms with Crippen LogP contribution in [0, 0.1) is 0 Å². The summed E-state index contributed by atoms with van der Waals surface area (Å²) >= 11 is 0. The lowest BCUT2D eigenvalue weighted by molar-refractivity contribution is -0.129. The Morgan fingerprint density at radius 3 is 2.48 bits per heavy atom. The van der Waals surface area contributed by atoms with Gasteiger partial charge in [0.25, 0.3) is 5.91 Å². The Morgan fingerprint density at radius 1 is 1.16 bits per heavy atom. The van der Waals surface area contributed by atoms with Gasteiger partial charge in [0.1, 0.15) is 11.5 Å². The molecule has 1 heterocycles. The molecule has 2 N–H and O–H groups in total. The van der Waals surface area contributed by atoms with E-state index in [0.717, 1.165) is 17.1 Å². The fraction of sp³-hybridized carbons (Fsp3) is 0.158. The number of carbonyl (C=O) groups is 1. The highest BCUT2D eigenvalue weighted by atomic mass is 16.5. The van der Waals surface area contributed by atoms with E-state index in [9.17, 15) is 9.90 Å². The Morgan fingerprint density at radius 2 is 1.84 bits per heavy atom. The van der Waals surface area contributed by atoms with Crippen molar-refractivity contribution in [2.45, 2.75) is 12.6 Å². The molecule has 0 saturated carbocycles. The second kappa shape index (κ2) is 7.63. The predicted octanol–water partition coefficient (Wildman–Crippen LogP) is 2.56. The van der Waals surface area contributed by atoms with Gasteiger partial charge in [-0.05, 0) is 29.8 Å². The maximum absolute atomic E-state index is 12.0. The summed E-state index contributed by atoms with van der Waals surface area (Å²) < 4.78 is 7.26. The third kappa shape index (κ3) is 4.45. The first kappa shape index (κ1) is 16.7. The van der Waals surface area contributed by atoms with E-state index in [4.69, 9.17) is 4.74 Å². The van der Waals surface area contributed by atoms with E-state index >= 15 is 0 Å². The van der Waals surface area contributed by atoms with Gasteiger partial charge in [-0.1, -0.05) is 30.3 Å². The minimum absolute atomic E-state index is 0.321. The van der Waals surface area contributed by atoms with Crippen molar-refractivity contribution in [1.29, 1.82) is 0 Å². The van der Waals surface area contributed by atoms with Gasteiger partial charge in [-0.15, -0.1) is 0 Å². The SMILES string of the molecule is Cn1cc([C@@H](O)C(=O)NCc2ccc(Oc3ccccc3)cc2)cn1.